The van der Waals surface area contributed by atoms with E-state index in [4.69, 9.17) is 4.74 Å². The van der Waals surface area contributed by atoms with E-state index in [1.54, 1.807) is 7.05 Å². The van der Waals surface area contributed by atoms with Gasteiger partial charge < -0.3 is 20.4 Å². The minimum Gasteiger partial charge on any atom is -0.445 e. The second kappa shape index (κ2) is 13.3. The number of carbonyl (C=O) groups is 2. The molecule has 3 N–H and O–H groups in total. The Morgan fingerprint density at radius 1 is 0.946 bits per heavy atom. The van der Waals surface area contributed by atoms with Crippen molar-refractivity contribution in [2.75, 3.05) is 13.6 Å². The molecule has 7 nitrogen and oxygen atoms in total. The Kier molecular flexibility index (Phi) is 9.29. The molecule has 1 atom stereocenters. The molecule has 37 heavy (non-hydrogen) atoms. The van der Waals surface area contributed by atoms with E-state index in [-0.39, 0.29) is 18.4 Å². The highest BCUT2D eigenvalue weighted by atomic mass is 16.5. The van der Waals surface area contributed by atoms with Gasteiger partial charge in [0.2, 0.25) is 5.91 Å². The number of aromatic amines is 1. The van der Waals surface area contributed by atoms with Crippen molar-refractivity contribution in [1.29, 1.82) is 0 Å². The van der Waals surface area contributed by atoms with E-state index in [0.29, 0.717) is 13.0 Å². The van der Waals surface area contributed by atoms with Crippen molar-refractivity contribution in [3.05, 3.63) is 90.4 Å². The van der Waals surface area contributed by atoms with Gasteiger partial charge in [0.1, 0.15) is 12.4 Å². The Morgan fingerprint density at radius 2 is 1.73 bits per heavy atom. The highest BCUT2D eigenvalue weighted by Crippen LogP contribution is 2.26. The van der Waals surface area contributed by atoms with E-state index in [0.717, 1.165) is 48.3 Å². The van der Waals surface area contributed by atoms with E-state index in [2.05, 4.69) is 50.9 Å². The molecule has 0 fully saturated rings. The molecule has 0 spiro atoms. The fraction of sp³-hybridized carbons (Fsp3) is 0.300. The quantitative estimate of drug-likeness (QED) is 0.211. The van der Waals surface area contributed by atoms with Crippen LogP contribution in [0.25, 0.3) is 22.0 Å². The normalized spacial score (nSPS) is 11.7. The van der Waals surface area contributed by atoms with Crippen LogP contribution in [0, 0.1) is 0 Å². The average molecular weight is 499 g/mol. The van der Waals surface area contributed by atoms with Gasteiger partial charge in [0.05, 0.1) is 11.9 Å². The smallest absolute Gasteiger partial charge is 0.407 e. The summed E-state index contributed by atoms with van der Waals surface area (Å²) in [5.41, 5.74) is 2.95. The molecule has 4 rings (SSSR count). The van der Waals surface area contributed by atoms with Crippen molar-refractivity contribution in [3.63, 3.8) is 0 Å². The Morgan fingerprint density at radius 3 is 2.54 bits per heavy atom. The van der Waals surface area contributed by atoms with E-state index in [9.17, 15) is 9.59 Å². The zero-order valence-corrected chi connectivity index (χ0v) is 21.2. The number of hydrogen-bond acceptors (Lipinski definition) is 4. The number of H-pyrrole nitrogens is 1. The Labute approximate surface area is 217 Å². The van der Waals surface area contributed by atoms with Gasteiger partial charge in [-0.15, -0.1) is 0 Å². The van der Waals surface area contributed by atoms with Gasteiger partial charge in [0.15, 0.2) is 0 Å². The van der Waals surface area contributed by atoms with Crippen LogP contribution in [0.15, 0.2) is 79.0 Å². The second-order valence-electron chi connectivity index (χ2n) is 9.16. The highest BCUT2D eigenvalue weighted by molar-refractivity contribution is 5.86. The van der Waals surface area contributed by atoms with E-state index < -0.39 is 6.09 Å². The van der Waals surface area contributed by atoms with E-state index in [1.807, 2.05) is 48.7 Å². The van der Waals surface area contributed by atoms with Crippen LogP contribution in [-0.4, -0.2) is 35.6 Å². The number of fused-ring (bicyclic) bond motifs is 1. The first-order valence-electron chi connectivity index (χ1n) is 12.8. The number of unbranched alkanes of at least 4 members (excludes halogenated alkanes) is 2. The predicted molar refractivity (Wildman–Crippen MR) is 146 cm³/mol. The first kappa shape index (κ1) is 25.9. The van der Waals surface area contributed by atoms with Gasteiger partial charge in [0, 0.05) is 31.5 Å². The molecule has 0 aliphatic heterocycles. The fourth-order valence-corrected chi connectivity index (χ4v) is 4.34. The van der Waals surface area contributed by atoms with E-state index in [1.165, 1.54) is 10.8 Å². The highest BCUT2D eigenvalue weighted by Gasteiger charge is 2.18. The van der Waals surface area contributed by atoms with Crippen molar-refractivity contribution in [2.45, 2.75) is 44.6 Å². The standard InChI is InChI=1S/C30H34N4O3/c1-31-28(35)15-7-3-6-14-26(19-33-30(36)37-21-22-10-4-2-5-11-22)29-32-20-27(34-29)25-17-16-23-12-8-9-13-24(23)18-25/h2,4-5,8-13,16-18,20,26H,3,6-7,14-15,19,21H2,1H3,(H,31,35)(H,32,34)(H,33,36). The molecule has 0 bridgehead atoms. The predicted octanol–water partition coefficient (Wildman–Crippen LogP) is 5.94. The molecule has 1 unspecified atom stereocenters. The topological polar surface area (TPSA) is 96.1 Å². The van der Waals surface area contributed by atoms with Crippen LogP contribution in [0.1, 0.15) is 49.4 Å². The third kappa shape index (κ3) is 7.67. The Balaban J connectivity index is 1.39. The van der Waals surface area contributed by atoms with Crippen LogP contribution in [0.2, 0.25) is 0 Å². The summed E-state index contributed by atoms with van der Waals surface area (Å²) in [5, 5.41) is 7.93. The maximum atomic E-state index is 12.4. The Hall–Kier alpha value is -4.13. The SMILES string of the molecule is CNC(=O)CCCCCC(CNC(=O)OCc1ccccc1)c1ncc(-c2ccc3ccccc3c2)[nH]1. The first-order chi connectivity index (χ1) is 18.1. The van der Waals surface area contributed by atoms with Crippen LogP contribution in [-0.2, 0) is 16.1 Å². The fourth-order valence-electron chi connectivity index (χ4n) is 4.34. The summed E-state index contributed by atoms with van der Waals surface area (Å²) in [5.74, 6) is 0.891. The minimum atomic E-state index is -0.449. The number of ether oxygens (including phenoxy) is 1. The number of hydrogen-bond donors (Lipinski definition) is 3. The van der Waals surface area contributed by atoms with Crippen molar-refractivity contribution in [2.24, 2.45) is 0 Å². The molecule has 192 valence electrons. The molecular formula is C30H34N4O3. The van der Waals surface area contributed by atoms with Crippen LogP contribution >= 0.6 is 0 Å². The number of aromatic nitrogens is 2. The molecule has 7 heteroatoms. The molecule has 0 radical (unpaired) electrons. The van der Waals surface area contributed by atoms with Crippen LogP contribution in [0.4, 0.5) is 4.79 Å². The minimum absolute atomic E-state index is 0.00140. The first-order valence-corrected chi connectivity index (χ1v) is 12.8. The van der Waals surface area contributed by atoms with Gasteiger partial charge >= 0.3 is 6.09 Å². The maximum absolute atomic E-state index is 12.4. The molecule has 3 aromatic carbocycles. The lowest BCUT2D eigenvalue weighted by Crippen LogP contribution is -2.29. The summed E-state index contributed by atoms with van der Waals surface area (Å²) < 4.78 is 5.39. The van der Waals surface area contributed by atoms with Crippen molar-refractivity contribution in [1.82, 2.24) is 20.6 Å². The monoisotopic (exact) mass is 498 g/mol. The molecule has 0 saturated carbocycles. The van der Waals surface area contributed by atoms with Gasteiger partial charge in [-0.25, -0.2) is 9.78 Å². The maximum Gasteiger partial charge on any atom is 0.407 e. The molecule has 4 aromatic rings. The largest absolute Gasteiger partial charge is 0.445 e. The van der Waals surface area contributed by atoms with Crippen LogP contribution < -0.4 is 10.6 Å². The third-order valence-electron chi connectivity index (χ3n) is 6.48. The van der Waals surface area contributed by atoms with Crippen molar-refractivity contribution >= 4 is 22.8 Å². The zero-order valence-electron chi connectivity index (χ0n) is 21.2. The number of nitrogens with one attached hydrogen (secondary N) is 3. The zero-order chi connectivity index (χ0) is 25.9. The van der Waals surface area contributed by atoms with Gasteiger partial charge in [-0.3, -0.25) is 4.79 Å². The summed E-state index contributed by atoms with van der Waals surface area (Å²) in [6.07, 6.45) is 5.45. The van der Waals surface area contributed by atoms with Crippen LogP contribution in [0.3, 0.4) is 0 Å². The lowest BCUT2D eigenvalue weighted by Gasteiger charge is -2.16. The van der Waals surface area contributed by atoms with Crippen LogP contribution in [0.5, 0.6) is 0 Å². The van der Waals surface area contributed by atoms with Gasteiger partial charge in [-0.05, 0) is 35.2 Å². The number of alkyl carbamates (subject to hydrolysis) is 1. The third-order valence-corrected chi connectivity index (χ3v) is 6.48. The summed E-state index contributed by atoms with van der Waals surface area (Å²) >= 11 is 0. The summed E-state index contributed by atoms with van der Waals surface area (Å²) in [4.78, 5) is 32.0. The molecule has 0 aliphatic rings. The molecule has 1 heterocycles. The molecule has 1 aromatic heterocycles. The summed E-state index contributed by atoms with van der Waals surface area (Å²) in [6, 6.07) is 24.2. The van der Waals surface area contributed by atoms with Crippen molar-refractivity contribution in [3.8, 4) is 11.3 Å². The summed E-state index contributed by atoms with van der Waals surface area (Å²) in [6.45, 7) is 0.636. The number of imidazole rings is 1. The lowest BCUT2D eigenvalue weighted by atomic mass is 9.99. The number of benzene rings is 3. The molecule has 2 amide bonds. The Bertz CT molecular complexity index is 1300. The average Bonchev–Trinajstić information content (AvgIpc) is 3.43. The lowest BCUT2D eigenvalue weighted by molar-refractivity contribution is -0.120. The second-order valence-corrected chi connectivity index (χ2v) is 9.16. The number of carbonyl (C=O) groups excluding carboxylic acids is 2. The van der Waals surface area contributed by atoms with E-state index >= 15 is 0 Å². The number of rotatable bonds is 12. The number of nitrogens with zero attached hydrogens (tertiary/aromatic N) is 1. The molecule has 0 saturated heterocycles. The van der Waals surface area contributed by atoms with Gasteiger partial charge in [-0.2, -0.15) is 0 Å². The molecular weight excluding hydrogens is 464 g/mol. The summed E-state index contributed by atoms with van der Waals surface area (Å²) in [7, 11) is 1.66. The van der Waals surface area contributed by atoms with Crippen molar-refractivity contribution < 1.29 is 14.3 Å². The molecule has 0 aliphatic carbocycles. The van der Waals surface area contributed by atoms with Gasteiger partial charge in [-0.1, -0.05) is 79.6 Å². The van der Waals surface area contributed by atoms with Gasteiger partial charge in [0.25, 0.3) is 0 Å². The number of amides is 2.